The summed E-state index contributed by atoms with van der Waals surface area (Å²) < 4.78 is 18.3. The van der Waals surface area contributed by atoms with E-state index in [1.807, 2.05) is 31.2 Å². The number of nitrogens with one attached hydrogen (secondary N) is 1. The maximum Gasteiger partial charge on any atom is 0.165 e. The highest BCUT2D eigenvalue weighted by Crippen LogP contribution is 2.16. The SMILES string of the molecule is COc1ccc(/C=N\Nc2ccc(C)cc2)cc1F. The van der Waals surface area contributed by atoms with Gasteiger partial charge in [-0.1, -0.05) is 17.7 Å². The zero-order valence-corrected chi connectivity index (χ0v) is 10.9. The predicted molar refractivity (Wildman–Crippen MR) is 75.3 cm³/mol. The monoisotopic (exact) mass is 258 g/mol. The number of methoxy groups -OCH3 is 1. The molecule has 0 spiro atoms. The van der Waals surface area contributed by atoms with Gasteiger partial charge >= 0.3 is 0 Å². The highest BCUT2D eigenvalue weighted by molar-refractivity contribution is 5.80. The Balaban J connectivity index is 2.02. The van der Waals surface area contributed by atoms with E-state index >= 15 is 0 Å². The van der Waals surface area contributed by atoms with Crippen molar-refractivity contribution in [2.75, 3.05) is 12.5 Å². The van der Waals surface area contributed by atoms with Crippen LogP contribution in [0.1, 0.15) is 11.1 Å². The Kier molecular flexibility index (Phi) is 4.13. The molecule has 0 aliphatic heterocycles. The molecular weight excluding hydrogens is 243 g/mol. The van der Waals surface area contributed by atoms with Crippen LogP contribution in [0.5, 0.6) is 5.75 Å². The van der Waals surface area contributed by atoms with E-state index in [4.69, 9.17) is 4.74 Å². The number of rotatable bonds is 4. The van der Waals surface area contributed by atoms with E-state index in [-0.39, 0.29) is 5.75 Å². The number of anilines is 1. The van der Waals surface area contributed by atoms with E-state index in [1.54, 1.807) is 18.3 Å². The van der Waals surface area contributed by atoms with Crippen LogP contribution in [-0.2, 0) is 0 Å². The lowest BCUT2D eigenvalue weighted by atomic mass is 10.2. The molecule has 0 saturated heterocycles. The maximum absolute atomic E-state index is 13.4. The van der Waals surface area contributed by atoms with Gasteiger partial charge < -0.3 is 4.74 Å². The zero-order chi connectivity index (χ0) is 13.7. The van der Waals surface area contributed by atoms with Gasteiger partial charge in [0.15, 0.2) is 11.6 Å². The Hall–Kier alpha value is -2.36. The van der Waals surface area contributed by atoms with Crippen LogP contribution < -0.4 is 10.2 Å². The lowest BCUT2D eigenvalue weighted by Gasteiger charge is -2.02. The number of benzene rings is 2. The average molecular weight is 258 g/mol. The van der Waals surface area contributed by atoms with Gasteiger partial charge in [0.2, 0.25) is 0 Å². The number of nitrogens with zero attached hydrogens (tertiary/aromatic N) is 1. The molecule has 2 rings (SSSR count). The largest absolute Gasteiger partial charge is 0.494 e. The summed E-state index contributed by atoms with van der Waals surface area (Å²) in [6, 6.07) is 12.5. The minimum Gasteiger partial charge on any atom is -0.494 e. The predicted octanol–water partition coefficient (Wildman–Crippen LogP) is 3.59. The molecule has 98 valence electrons. The van der Waals surface area contributed by atoms with Crippen molar-refractivity contribution in [2.45, 2.75) is 6.92 Å². The summed E-state index contributed by atoms with van der Waals surface area (Å²) in [4.78, 5) is 0. The molecule has 0 bridgehead atoms. The van der Waals surface area contributed by atoms with Crippen molar-refractivity contribution in [1.29, 1.82) is 0 Å². The quantitative estimate of drug-likeness (QED) is 0.671. The summed E-state index contributed by atoms with van der Waals surface area (Å²) in [5.41, 5.74) is 5.62. The van der Waals surface area contributed by atoms with E-state index in [2.05, 4.69) is 10.5 Å². The fourth-order valence-electron chi connectivity index (χ4n) is 1.57. The Morgan fingerprint density at radius 1 is 1.16 bits per heavy atom. The van der Waals surface area contributed by atoms with E-state index in [0.29, 0.717) is 5.56 Å². The fourth-order valence-corrected chi connectivity index (χ4v) is 1.57. The number of halogens is 1. The van der Waals surface area contributed by atoms with Crippen LogP contribution in [0.4, 0.5) is 10.1 Å². The third kappa shape index (κ3) is 3.55. The normalized spacial score (nSPS) is 10.7. The van der Waals surface area contributed by atoms with E-state index < -0.39 is 5.82 Å². The number of aryl methyl sites for hydroxylation is 1. The molecule has 3 nitrogen and oxygen atoms in total. The molecule has 0 atom stereocenters. The van der Waals surface area contributed by atoms with Crippen LogP contribution in [0, 0.1) is 12.7 Å². The van der Waals surface area contributed by atoms with Gasteiger partial charge in [-0.05, 0) is 42.8 Å². The molecule has 2 aromatic carbocycles. The molecule has 1 N–H and O–H groups in total. The first-order valence-corrected chi connectivity index (χ1v) is 5.88. The van der Waals surface area contributed by atoms with Crippen LogP contribution in [-0.4, -0.2) is 13.3 Å². The van der Waals surface area contributed by atoms with Crippen LogP contribution >= 0.6 is 0 Å². The molecule has 0 aliphatic carbocycles. The molecule has 0 fully saturated rings. The van der Waals surface area contributed by atoms with Crippen molar-refractivity contribution >= 4 is 11.9 Å². The Morgan fingerprint density at radius 3 is 2.53 bits per heavy atom. The molecule has 2 aromatic rings. The van der Waals surface area contributed by atoms with Crippen LogP contribution in [0.2, 0.25) is 0 Å². The molecule has 19 heavy (non-hydrogen) atoms. The second-order valence-electron chi connectivity index (χ2n) is 4.13. The Morgan fingerprint density at radius 2 is 1.89 bits per heavy atom. The van der Waals surface area contributed by atoms with Crippen LogP contribution in [0.15, 0.2) is 47.6 Å². The van der Waals surface area contributed by atoms with Gasteiger partial charge in [-0.2, -0.15) is 5.10 Å². The lowest BCUT2D eigenvalue weighted by molar-refractivity contribution is 0.386. The molecule has 4 heteroatoms. The highest BCUT2D eigenvalue weighted by atomic mass is 19.1. The average Bonchev–Trinajstić information content (AvgIpc) is 2.41. The Labute approximate surface area is 111 Å². The summed E-state index contributed by atoms with van der Waals surface area (Å²) in [5.74, 6) is -0.176. The minimum atomic E-state index is -0.401. The minimum absolute atomic E-state index is 0.226. The van der Waals surface area contributed by atoms with Crippen molar-refractivity contribution in [2.24, 2.45) is 5.10 Å². The molecule has 0 heterocycles. The molecule has 0 saturated carbocycles. The molecule has 0 radical (unpaired) electrons. The van der Waals surface area contributed by atoms with Crippen LogP contribution in [0.25, 0.3) is 0 Å². The van der Waals surface area contributed by atoms with E-state index in [9.17, 15) is 4.39 Å². The number of hydrogen-bond acceptors (Lipinski definition) is 3. The van der Waals surface area contributed by atoms with Gasteiger partial charge in [0.05, 0.1) is 19.0 Å². The summed E-state index contributed by atoms with van der Waals surface area (Å²) in [5, 5.41) is 4.06. The summed E-state index contributed by atoms with van der Waals surface area (Å²) >= 11 is 0. The topological polar surface area (TPSA) is 33.6 Å². The standard InChI is InChI=1S/C15H15FN2O/c1-11-3-6-13(7-4-11)18-17-10-12-5-8-15(19-2)14(16)9-12/h3-10,18H,1-2H3/b17-10-. The first kappa shape index (κ1) is 13.1. The summed E-state index contributed by atoms with van der Waals surface area (Å²) in [6.07, 6.45) is 1.56. The van der Waals surface area contributed by atoms with Gasteiger partial charge in [0.1, 0.15) is 0 Å². The van der Waals surface area contributed by atoms with Crippen LogP contribution in [0.3, 0.4) is 0 Å². The second-order valence-corrected chi connectivity index (χ2v) is 4.13. The van der Waals surface area contributed by atoms with Gasteiger partial charge in [-0.3, -0.25) is 5.43 Å². The van der Waals surface area contributed by atoms with Gasteiger partial charge in [-0.25, -0.2) is 4.39 Å². The van der Waals surface area contributed by atoms with Gasteiger partial charge in [0, 0.05) is 0 Å². The number of hydrogen-bond donors (Lipinski definition) is 1. The van der Waals surface area contributed by atoms with E-state index in [1.165, 1.54) is 18.7 Å². The van der Waals surface area contributed by atoms with Crippen molar-refractivity contribution in [1.82, 2.24) is 0 Å². The summed E-state index contributed by atoms with van der Waals surface area (Å²) in [7, 11) is 1.44. The summed E-state index contributed by atoms with van der Waals surface area (Å²) in [6.45, 7) is 2.02. The smallest absolute Gasteiger partial charge is 0.165 e. The van der Waals surface area contributed by atoms with Gasteiger partial charge in [-0.15, -0.1) is 0 Å². The first-order valence-electron chi connectivity index (χ1n) is 5.88. The van der Waals surface area contributed by atoms with Crippen molar-refractivity contribution < 1.29 is 9.13 Å². The Bertz CT molecular complexity index is 579. The van der Waals surface area contributed by atoms with Gasteiger partial charge in [0.25, 0.3) is 0 Å². The second kappa shape index (κ2) is 6.00. The third-order valence-electron chi connectivity index (χ3n) is 2.63. The molecule has 0 amide bonds. The molecular formula is C15H15FN2O. The van der Waals surface area contributed by atoms with Crippen molar-refractivity contribution in [3.8, 4) is 5.75 Å². The zero-order valence-electron chi connectivity index (χ0n) is 10.9. The number of hydrazone groups is 1. The molecule has 0 unspecified atom stereocenters. The highest BCUT2D eigenvalue weighted by Gasteiger charge is 2.01. The fraction of sp³-hybridized carbons (Fsp3) is 0.133. The van der Waals surface area contributed by atoms with Crippen molar-refractivity contribution in [3.05, 3.63) is 59.4 Å². The molecule has 0 aromatic heterocycles. The lowest BCUT2D eigenvalue weighted by Crippen LogP contribution is -1.93. The van der Waals surface area contributed by atoms with Crippen molar-refractivity contribution in [3.63, 3.8) is 0 Å². The van der Waals surface area contributed by atoms with E-state index in [0.717, 1.165) is 5.69 Å². The maximum atomic E-state index is 13.4. The number of ether oxygens (including phenoxy) is 1. The molecule has 0 aliphatic rings. The third-order valence-corrected chi connectivity index (χ3v) is 2.63. The first-order chi connectivity index (χ1) is 9.19.